The van der Waals surface area contributed by atoms with E-state index >= 15 is 0 Å². The van der Waals surface area contributed by atoms with E-state index in [1.807, 2.05) is 30.1 Å². The number of likely N-dealkylation sites (N-methyl/N-ethyl adjacent to an activating group) is 1. The Kier molecular flexibility index (Phi) is 4.51. The van der Waals surface area contributed by atoms with E-state index < -0.39 is 5.54 Å². The second kappa shape index (κ2) is 6.69. The molecule has 1 N–H and O–H groups in total. The SMILES string of the molecule is CN1CCNC(=O)C12CCN(C(=O)C1(c3ccccc3)CCCC1)CC2. The van der Waals surface area contributed by atoms with Gasteiger partial charge < -0.3 is 10.2 Å². The number of rotatable bonds is 2. The van der Waals surface area contributed by atoms with Gasteiger partial charge in [0.1, 0.15) is 5.54 Å². The van der Waals surface area contributed by atoms with Crippen molar-refractivity contribution in [2.75, 3.05) is 33.2 Å². The molecule has 1 aliphatic carbocycles. The van der Waals surface area contributed by atoms with Crippen LogP contribution >= 0.6 is 0 Å². The van der Waals surface area contributed by atoms with Gasteiger partial charge in [-0.15, -0.1) is 0 Å². The van der Waals surface area contributed by atoms with Gasteiger partial charge in [0.05, 0.1) is 5.41 Å². The summed E-state index contributed by atoms with van der Waals surface area (Å²) in [6.07, 6.45) is 5.57. The molecule has 5 nitrogen and oxygen atoms in total. The van der Waals surface area contributed by atoms with Gasteiger partial charge in [0.2, 0.25) is 11.8 Å². The summed E-state index contributed by atoms with van der Waals surface area (Å²) < 4.78 is 0. The van der Waals surface area contributed by atoms with Crippen molar-refractivity contribution in [3.8, 4) is 0 Å². The molecule has 1 saturated carbocycles. The predicted molar refractivity (Wildman–Crippen MR) is 101 cm³/mol. The van der Waals surface area contributed by atoms with E-state index in [9.17, 15) is 9.59 Å². The van der Waals surface area contributed by atoms with Gasteiger partial charge in [0, 0.05) is 26.2 Å². The standard InChI is InChI=1S/C21H29N3O2/c1-23-16-13-22-18(25)21(23)11-14-24(15-12-21)19(26)20(9-5-6-10-20)17-7-3-2-4-8-17/h2-4,7-8H,5-6,9-16H2,1H3,(H,22,25). The summed E-state index contributed by atoms with van der Waals surface area (Å²) in [5.74, 6) is 0.409. The molecule has 0 aromatic heterocycles. The number of hydrogen-bond donors (Lipinski definition) is 1. The summed E-state index contributed by atoms with van der Waals surface area (Å²) >= 11 is 0. The lowest BCUT2D eigenvalue weighted by atomic mass is 9.76. The normalized spacial score (nSPS) is 25.3. The van der Waals surface area contributed by atoms with Crippen LogP contribution in [0.4, 0.5) is 0 Å². The number of piperidine rings is 1. The second-order valence-corrected chi connectivity index (χ2v) is 8.16. The number of carbonyl (C=O) groups excluding carboxylic acids is 2. The maximum Gasteiger partial charge on any atom is 0.240 e. The Morgan fingerprint density at radius 1 is 1.00 bits per heavy atom. The molecule has 4 rings (SSSR count). The molecule has 0 atom stereocenters. The monoisotopic (exact) mass is 355 g/mol. The molecule has 1 aromatic rings. The van der Waals surface area contributed by atoms with Crippen LogP contribution in [0.15, 0.2) is 30.3 Å². The Hall–Kier alpha value is -1.88. The number of amides is 2. The zero-order valence-electron chi connectivity index (χ0n) is 15.7. The van der Waals surface area contributed by atoms with Crippen LogP contribution in [-0.4, -0.2) is 60.4 Å². The molecule has 2 aliphatic heterocycles. The fourth-order valence-corrected chi connectivity index (χ4v) is 5.24. The summed E-state index contributed by atoms with van der Waals surface area (Å²) in [5, 5.41) is 3.02. The van der Waals surface area contributed by atoms with E-state index in [4.69, 9.17) is 0 Å². The summed E-state index contributed by atoms with van der Waals surface area (Å²) in [7, 11) is 2.04. The number of nitrogens with zero attached hydrogens (tertiary/aromatic N) is 2. The lowest BCUT2D eigenvalue weighted by Crippen LogP contribution is -2.67. The number of nitrogens with one attached hydrogen (secondary N) is 1. The fraction of sp³-hybridized carbons (Fsp3) is 0.619. The van der Waals surface area contributed by atoms with Crippen molar-refractivity contribution in [3.05, 3.63) is 35.9 Å². The molecule has 26 heavy (non-hydrogen) atoms. The Bertz CT molecular complexity index is 674. The smallest absolute Gasteiger partial charge is 0.240 e. The van der Waals surface area contributed by atoms with Gasteiger partial charge in [0.25, 0.3) is 0 Å². The van der Waals surface area contributed by atoms with Crippen molar-refractivity contribution in [2.45, 2.75) is 49.5 Å². The molecular weight excluding hydrogens is 326 g/mol. The van der Waals surface area contributed by atoms with Crippen LogP contribution in [0.25, 0.3) is 0 Å². The quantitative estimate of drug-likeness (QED) is 0.882. The molecule has 2 heterocycles. The Morgan fingerprint density at radius 2 is 1.65 bits per heavy atom. The fourth-order valence-electron chi connectivity index (χ4n) is 5.24. The van der Waals surface area contributed by atoms with E-state index in [-0.39, 0.29) is 17.2 Å². The highest BCUT2D eigenvalue weighted by atomic mass is 16.2. The number of piperazine rings is 1. The minimum Gasteiger partial charge on any atom is -0.353 e. The molecule has 0 unspecified atom stereocenters. The lowest BCUT2D eigenvalue weighted by molar-refractivity contribution is -0.147. The van der Waals surface area contributed by atoms with Gasteiger partial charge in [-0.25, -0.2) is 0 Å². The average molecular weight is 355 g/mol. The molecule has 3 aliphatic rings. The first-order valence-electron chi connectivity index (χ1n) is 9.93. The summed E-state index contributed by atoms with van der Waals surface area (Å²) in [5.41, 5.74) is 0.382. The van der Waals surface area contributed by atoms with Crippen molar-refractivity contribution in [1.29, 1.82) is 0 Å². The third-order valence-electron chi connectivity index (χ3n) is 6.96. The van der Waals surface area contributed by atoms with Gasteiger partial charge in [0.15, 0.2) is 0 Å². The number of carbonyl (C=O) groups is 2. The highest BCUT2D eigenvalue weighted by Gasteiger charge is 2.50. The highest BCUT2D eigenvalue weighted by Crippen LogP contribution is 2.43. The summed E-state index contributed by atoms with van der Waals surface area (Å²) in [6, 6.07) is 10.3. The van der Waals surface area contributed by atoms with Crippen LogP contribution in [0.5, 0.6) is 0 Å². The van der Waals surface area contributed by atoms with Crippen LogP contribution in [0.3, 0.4) is 0 Å². The summed E-state index contributed by atoms with van der Waals surface area (Å²) in [6.45, 7) is 2.95. The van der Waals surface area contributed by atoms with Crippen molar-refractivity contribution in [1.82, 2.24) is 15.1 Å². The van der Waals surface area contributed by atoms with Gasteiger partial charge in [-0.3, -0.25) is 14.5 Å². The molecule has 2 amide bonds. The predicted octanol–water partition coefficient (Wildman–Crippen LogP) is 1.92. The summed E-state index contributed by atoms with van der Waals surface area (Å²) in [4.78, 5) is 30.3. The first-order chi connectivity index (χ1) is 12.6. The van der Waals surface area contributed by atoms with Gasteiger partial charge >= 0.3 is 0 Å². The van der Waals surface area contributed by atoms with E-state index in [0.29, 0.717) is 13.1 Å². The Labute approximate surface area is 155 Å². The van der Waals surface area contributed by atoms with Crippen LogP contribution < -0.4 is 5.32 Å². The zero-order chi connectivity index (χ0) is 18.2. The largest absolute Gasteiger partial charge is 0.353 e. The molecule has 2 saturated heterocycles. The van der Waals surface area contributed by atoms with Crippen molar-refractivity contribution < 1.29 is 9.59 Å². The molecule has 1 aromatic carbocycles. The van der Waals surface area contributed by atoms with Crippen LogP contribution in [-0.2, 0) is 15.0 Å². The van der Waals surface area contributed by atoms with E-state index in [0.717, 1.165) is 57.2 Å². The number of likely N-dealkylation sites (tertiary alicyclic amines) is 1. The average Bonchev–Trinajstić information content (AvgIpc) is 3.18. The van der Waals surface area contributed by atoms with Crippen LogP contribution in [0.1, 0.15) is 44.1 Å². The lowest BCUT2D eigenvalue weighted by Gasteiger charge is -2.49. The van der Waals surface area contributed by atoms with Gasteiger partial charge in [-0.2, -0.15) is 0 Å². The van der Waals surface area contributed by atoms with E-state index in [2.05, 4.69) is 22.3 Å². The maximum atomic E-state index is 13.6. The molecular formula is C21H29N3O2. The minimum absolute atomic E-state index is 0.136. The van der Waals surface area contributed by atoms with Gasteiger partial charge in [-0.1, -0.05) is 43.2 Å². The first-order valence-corrected chi connectivity index (χ1v) is 9.93. The van der Waals surface area contributed by atoms with Crippen LogP contribution in [0.2, 0.25) is 0 Å². The Morgan fingerprint density at radius 3 is 2.27 bits per heavy atom. The first kappa shape index (κ1) is 17.5. The third-order valence-corrected chi connectivity index (χ3v) is 6.96. The molecule has 1 spiro atoms. The molecule has 0 bridgehead atoms. The van der Waals surface area contributed by atoms with E-state index in [1.54, 1.807) is 0 Å². The van der Waals surface area contributed by atoms with Crippen molar-refractivity contribution in [2.24, 2.45) is 0 Å². The molecule has 5 heteroatoms. The Balaban J connectivity index is 1.53. The molecule has 0 radical (unpaired) electrons. The maximum absolute atomic E-state index is 13.6. The molecule has 140 valence electrons. The topological polar surface area (TPSA) is 52.7 Å². The number of benzene rings is 1. The third kappa shape index (κ3) is 2.64. The zero-order valence-corrected chi connectivity index (χ0v) is 15.7. The minimum atomic E-state index is -0.426. The van der Waals surface area contributed by atoms with Crippen molar-refractivity contribution >= 4 is 11.8 Å². The second-order valence-electron chi connectivity index (χ2n) is 8.16. The van der Waals surface area contributed by atoms with E-state index in [1.165, 1.54) is 0 Å². The van der Waals surface area contributed by atoms with Gasteiger partial charge in [-0.05, 0) is 38.3 Å². The number of hydrogen-bond acceptors (Lipinski definition) is 3. The van der Waals surface area contributed by atoms with Crippen molar-refractivity contribution in [3.63, 3.8) is 0 Å². The molecule has 3 fully saturated rings. The highest BCUT2D eigenvalue weighted by molar-refractivity contribution is 5.90. The van der Waals surface area contributed by atoms with Crippen LogP contribution in [0, 0.1) is 0 Å².